The fourth-order valence-electron chi connectivity index (χ4n) is 8.62. The molecule has 0 saturated carbocycles. The first-order valence-corrected chi connectivity index (χ1v) is 24.7. The molecule has 0 saturated heterocycles. The molecule has 0 aromatic heterocycles. The van der Waals surface area contributed by atoms with Crippen LogP contribution in [-0.2, 0) is 19.3 Å². The molecule has 0 N–H and O–H groups in total. The van der Waals surface area contributed by atoms with Crippen molar-refractivity contribution in [3.05, 3.63) is 41.3 Å². The zero-order valence-corrected chi connectivity index (χ0v) is 36.6. The Bertz CT molecular complexity index is 783. The van der Waals surface area contributed by atoms with Crippen LogP contribution in [0.25, 0.3) is 0 Å². The minimum absolute atomic E-state index is 1.27. The third-order valence-corrected chi connectivity index (χ3v) is 12.1. The molecule has 0 amide bonds. The number of aryl methyl sites for hydroxylation is 2. The first kappa shape index (κ1) is 49.2. The van der Waals surface area contributed by atoms with Crippen LogP contribution in [0.5, 0.6) is 0 Å². The third kappa shape index (κ3) is 31.6. The van der Waals surface area contributed by atoms with Crippen LogP contribution in [0.2, 0.25) is 0 Å². The molecule has 305 valence electrons. The zero-order valence-electron chi connectivity index (χ0n) is 36.6. The van der Waals surface area contributed by atoms with Crippen LogP contribution in [0.15, 0.2) is 12.1 Å². The maximum absolute atomic E-state index is 4.48. The highest BCUT2D eigenvalue weighted by atomic mass is 14.2. The second kappa shape index (κ2) is 39.9. The smallest absolute Gasteiger partial charge is 0.0238 e. The predicted octanol–water partition coefficient (Wildman–Crippen LogP) is 18.8. The predicted molar refractivity (Wildman–Crippen MR) is 239 cm³/mol. The number of rotatable bonds is 42. The van der Waals surface area contributed by atoms with Gasteiger partial charge in [-0.1, -0.05) is 264 Å². The van der Waals surface area contributed by atoms with E-state index in [1.807, 2.05) is 0 Å². The van der Waals surface area contributed by atoms with Gasteiger partial charge in [0.25, 0.3) is 0 Å². The van der Waals surface area contributed by atoms with Crippen molar-refractivity contribution in [2.45, 2.75) is 290 Å². The van der Waals surface area contributed by atoms with Gasteiger partial charge in [-0.25, -0.2) is 0 Å². The largest absolute Gasteiger partial charge is 0.0654 e. The van der Waals surface area contributed by atoms with Gasteiger partial charge in [0.2, 0.25) is 0 Å². The lowest BCUT2D eigenvalue weighted by Gasteiger charge is -2.17. The standard InChI is InChI=1S/C52H97/c1-5-8-11-14-17-20-23-26-29-32-35-38-41-44-50-47-49(4)48-51(45-42-39-36-33-30-27-24-21-18-15-12-9-6-2)52(50)46-43-40-37-34-31-28-25-22-19-16-13-10-7-3/h47-48H,4-46H2,1-3H3. The minimum Gasteiger partial charge on any atom is -0.0654 e. The number of unbranched alkanes of at least 4 members (excludes halogenated alkanes) is 36. The lowest BCUT2D eigenvalue weighted by Crippen LogP contribution is -2.03. The molecule has 0 nitrogen and oxygen atoms in total. The third-order valence-electron chi connectivity index (χ3n) is 12.1. The van der Waals surface area contributed by atoms with E-state index in [1.165, 1.54) is 275 Å². The van der Waals surface area contributed by atoms with Crippen molar-refractivity contribution in [3.8, 4) is 0 Å². The Kier molecular flexibility index (Phi) is 37.8. The number of hydrogen-bond donors (Lipinski definition) is 0. The van der Waals surface area contributed by atoms with E-state index in [-0.39, 0.29) is 0 Å². The van der Waals surface area contributed by atoms with Crippen LogP contribution < -0.4 is 0 Å². The highest BCUT2D eigenvalue weighted by molar-refractivity contribution is 5.41. The van der Waals surface area contributed by atoms with E-state index < -0.39 is 0 Å². The molecule has 1 radical (unpaired) electrons. The molecule has 0 heteroatoms. The summed E-state index contributed by atoms with van der Waals surface area (Å²) >= 11 is 0. The molecule has 0 atom stereocenters. The summed E-state index contributed by atoms with van der Waals surface area (Å²) in [6.45, 7) is 11.4. The van der Waals surface area contributed by atoms with Crippen LogP contribution in [0, 0.1) is 6.92 Å². The van der Waals surface area contributed by atoms with E-state index in [0.717, 1.165) is 0 Å². The van der Waals surface area contributed by atoms with Crippen molar-refractivity contribution in [3.63, 3.8) is 0 Å². The summed E-state index contributed by atoms with van der Waals surface area (Å²) in [5.74, 6) is 0. The molecule has 1 aromatic carbocycles. The van der Waals surface area contributed by atoms with Crippen LogP contribution in [-0.4, -0.2) is 0 Å². The molecule has 52 heavy (non-hydrogen) atoms. The van der Waals surface area contributed by atoms with E-state index in [9.17, 15) is 0 Å². The van der Waals surface area contributed by atoms with Crippen molar-refractivity contribution in [1.29, 1.82) is 0 Å². The fourth-order valence-corrected chi connectivity index (χ4v) is 8.62. The van der Waals surface area contributed by atoms with Gasteiger partial charge in [-0.15, -0.1) is 0 Å². The van der Waals surface area contributed by atoms with Crippen molar-refractivity contribution in [1.82, 2.24) is 0 Å². The Hall–Kier alpha value is -0.780. The molecular weight excluding hydrogens is 625 g/mol. The van der Waals surface area contributed by atoms with Gasteiger partial charge < -0.3 is 0 Å². The van der Waals surface area contributed by atoms with Crippen molar-refractivity contribution < 1.29 is 0 Å². The molecule has 0 aliphatic rings. The molecule has 0 aliphatic heterocycles. The molecule has 1 aromatic rings. The van der Waals surface area contributed by atoms with Gasteiger partial charge >= 0.3 is 0 Å². The Labute approximate surface area is 330 Å². The number of benzene rings is 1. The van der Waals surface area contributed by atoms with E-state index >= 15 is 0 Å². The summed E-state index contributed by atoms with van der Waals surface area (Å²) in [5.41, 5.74) is 6.34. The average molecular weight is 722 g/mol. The highest BCUT2D eigenvalue weighted by Gasteiger charge is 2.11. The van der Waals surface area contributed by atoms with Crippen molar-refractivity contribution in [2.75, 3.05) is 0 Å². The van der Waals surface area contributed by atoms with E-state index in [1.54, 1.807) is 16.7 Å². The molecule has 0 heterocycles. The number of hydrogen-bond acceptors (Lipinski definition) is 0. The van der Waals surface area contributed by atoms with E-state index in [4.69, 9.17) is 0 Å². The monoisotopic (exact) mass is 722 g/mol. The Morgan fingerprint density at radius 3 is 0.692 bits per heavy atom. The van der Waals surface area contributed by atoms with Gasteiger partial charge in [0.05, 0.1) is 0 Å². The molecule has 0 spiro atoms. The van der Waals surface area contributed by atoms with Crippen LogP contribution in [0.1, 0.15) is 293 Å². The molecule has 0 fully saturated rings. The first-order chi connectivity index (χ1) is 25.7. The van der Waals surface area contributed by atoms with Crippen LogP contribution in [0.4, 0.5) is 0 Å². The van der Waals surface area contributed by atoms with Crippen LogP contribution in [0.3, 0.4) is 0 Å². The summed E-state index contributed by atoms with van der Waals surface area (Å²) in [6, 6.07) is 4.96. The fraction of sp³-hybridized carbons (Fsp3) is 0.865. The van der Waals surface area contributed by atoms with Gasteiger partial charge in [0.15, 0.2) is 0 Å². The summed E-state index contributed by atoms with van der Waals surface area (Å²) in [6.07, 6.45) is 59.9. The summed E-state index contributed by atoms with van der Waals surface area (Å²) < 4.78 is 0. The second-order valence-electron chi connectivity index (χ2n) is 17.4. The summed E-state index contributed by atoms with van der Waals surface area (Å²) in [5, 5.41) is 0. The average Bonchev–Trinajstić information content (AvgIpc) is 3.14. The minimum atomic E-state index is 1.27. The first-order valence-electron chi connectivity index (χ1n) is 24.7. The highest BCUT2D eigenvalue weighted by Crippen LogP contribution is 2.26. The Morgan fingerprint density at radius 2 is 0.462 bits per heavy atom. The van der Waals surface area contributed by atoms with Gasteiger partial charge in [0.1, 0.15) is 0 Å². The normalized spacial score (nSPS) is 11.6. The molecule has 1 rings (SSSR count). The lowest BCUT2D eigenvalue weighted by atomic mass is 9.88. The maximum Gasteiger partial charge on any atom is -0.0238 e. The molecule has 0 unspecified atom stereocenters. The zero-order chi connectivity index (χ0) is 37.4. The molecule has 0 bridgehead atoms. The van der Waals surface area contributed by atoms with E-state index in [0.29, 0.717) is 0 Å². The quantitative estimate of drug-likeness (QED) is 0.0590. The van der Waals surface area contributed by atoms with Crippen LogP contribution >= 0.6 is 0 Å². The second-order valence-corrected chi connectivity index (χ2v) is 17.4. The maximum atomic E-state index is 4.48. The van der Waals surface area contributed by atoms with Crippen molar-refractivity contribution in [2.24, 2.45) is 0 Å². The SMILES string of the molecule is [CH2]c1cc(CCCCCCCCCCCCCCC)c(CCCCCCCCCCCCCCC)c(CCCCCCCCCCCCCCC)c1. The van der Waals surface area contributed by atoms with E-state index in [2.05, 4.69) is 39.8 Å². The molecule has 0 aliphatic carbocycles. The van der Waals surface area contributed by atoms with Gasteiger partial charge in [-0.2, -0.15) is 0 Å². The Balaban J connectivity index is 2.42. The topological polar surface area (TPSA) is 0 Å². The Morgan fingerprint density at radius 1 is 0.269 bits per heavy atom. The summed E-state index contributed by atoms with van der Waals surface area (Å²) in [4.78, 5) is 0. The van der Waals surface area contributed by atoms with Gasteiger partial charge in [-0.05, 0) is 67.7 Å². The lowest BCUT2D eigenvalue weighted by molar-refractivity contribution is 0.536. The molecular formula is C52H97. The van der Waals surface area contributed by atoms with Gasteiger partial charge in [-0.3, -0.25) is 0 Å². The van der Waals surface area contributed by atoms with Crippen molar-refractivity contribution >= 4 is 0 Å². The summed E-state index contributed by atoms with van der Waals surface area (Å²) in [7, 11) is 0. The van der Waals surface area contributed by atoms with Gasteiger partial charge in [0, 0.05) is 0 Å².